The first-order valence-corrected chi connectivity index (χ1v) is 6.51. The van der Waals surface area contributed by atoms with Crippen LogP contribution >= 0.6 is 0 Å². The van der Waals surface area contributed by atoms with E-state index in [-0.39, 0.29) is 25.3 Å². The first-order valence-electron chi connectivity index (χ1n) is 6.51. The van der Waals surface area contributed by atoms with Crippen molar-refractivity contribution in [2.24, 2.45) is 0 Å². The van der Waals surface area contributed by atoms with Gasteiger partial charge in [-0.3, -0.25) is 9.59 Å². The minimum absolute atomic E-state index is 0.0134. The molecular weight excluding hydrogens is 272 g/mol. The summed E-state index contributed by atoms with van der Waals surface area (Å²) in [5, 5.41) is 13.9. The monoisotopic (exact) mass is 290 g/mol. The zero-order chi connectivity index (χ0) is 15.7. The van der Waals surface area contributed by atoms with Crippen molar-refractivity contribution in [1.29, 1.82) is 0 Å². The fourth-order valence-corrected chi connectivity index (χ4v) is 1.64. The van der Waals surface area contributed by atoms with Gasteiger partial charge >= 0.3 is 5.97 Å². The highest BCUT2D eigenvalue weighted by atomic mass is 16.4. The first-order chi connectivity index (χ1) is 10.0. The van der Waals surface area contributed by atoms with Gasteiger partial charge in [0.1, 0.15) is 6.04 Å². The van der Waals surface area contributed by atoms with Crippen LogP contribution < -0.4 is 10.6 Å². The number of carbonyl (C=O) groups excluding carboxylic acids is 2. The first kappa shape index (κ1) is 16.4. The maximum Gasteiger partial charge on any atom is 0.326 e. The van der Waals surface area contributed by atoms with E-state index in [0.29, 0.717) is 5.56 Å². The van der Waals surface area contributed by atoms with E-state index in [1.54, 1.807) is 30.3 Å². The molecule has 1 aromatic rings. The molecule has 0 heterocycles. The third kappa shape index (κ3) is 5.90. The molecule has 0 bridgehead atoms. The van der Waals surface area contributed by atoms with E-state index >= 15 is 0 Å². The van der Waals surface area contributed by atoms with Crippen molar-refractivity contribution >= 4 is 17.8 Å². The molecule has 0 aromatic heterocycles. The van der Waals surface area contributed by atoms with Crippen LogP contribution in [-0.4, -0.2) is 35.5 Å². The molecule has 6 heteroatoms. The van der Waals surface area contributed by atoms with Gasteiger partial charge in [0.2, 0.25) is 5.91 Å². The van der Waals surface area contributed by atoms with E-state index in [1.807, 2.05) is 0 Å². The molecule has 0 aliphatic heterocycles. The number of carboxylic acid groups (broad SMARTS) is 1. The molecule has 0 saturated heterocycles. The summed E-state index contributed by atoms with van der Waals surface area (Å²) in [6, 6.07) is 7.64. The Balaban J connectivity index is 2.35. The van der Waals surface area contributed by atoms with Gasteiger partial charge in [-0.1, -0.05) is 24.3 Å². The number of hydrogen-bond donors (Lipinski definition) is 3. The number of aliphatic carboxylic acids is 1. The van der Waals surface area contributed by atoms with E-state index in [9.17, 15) is 14.4 Å². The second-order valence-electron chi connectivity index (χ2n) is 4.35. The Bertz CT molecular complexity index is 514. The normalized spacial score (nSPS) is 11.2. The summed E-state index contributed by atoms with van der Waals surface area (Å²) in [4.78, 5) is 34.2. The summed E-state index contributed by atoms with van der Waals surface area (Å²) in [5.74, 6) is -1.82. The van der Waals surface area contributed by atoms with Gasteiger partial charge < -0.3 is 15.7 Å². The lowest BCUT2D eigenvalue weighted by Crippen LogP contribution is -2.41. The number of hydrogen-bond acceptors (Lipinski definition) is 3. The third-order valence-electron chi connectivity index (χ3n) is 2.71. The fraction of sp³-hybridized carbons (Fsp3) is 0.267. The lowest BCUT2D eigenvalue weighted by Gasteiger charge is -2.12. The van der Waals surface area contributed by atoms with E-state index in [2.05, 4.69) is 17.2 Å². The Morgan fingerprint density at radius 1 is 1.24 bits per heavy atom. The molecule has 0 saturated carbocycles. The number of rotatable bonds is 8. The van der Waals surface area contributed by atoms with Crippen LogP contribution in [0.25, 0.3) is 0 Å². The maximum atomic E-state index is 11.7. The molecule has 3 N–H and O–H groups in total. The third-order valence-corrected chi connectivity index (χ3v) is 2.71. The van der Waals surface area contributed by atoms with Crippen molar-refractivity contribution in [2.75, 3.05) is 6.54 Å². The highest BCUT2D eigenvalue weighted by Crippen LogP contribution is 1.98. The Morgan fingerprint density at radius 2 is 1.90 bits per heavy atom. The summed E-state index contributed by atoms with van der Waals surface area (Å²) >= 11 is 0. The van der Waals surface area contributed by atoms with Crippen molar-refractivity contribution in [3.05, 3.63) is 48.6 Å². The van der Waals surface area contributed by atoms with Crippen LogP contribution in [0.15, 0.2) is 43.0 Å². The average Bonchev–Trinajstić information content (AvgIpc) is 2.47. The lowest BCUT2D eigenvalue weighted by atomic mass is 10.2. The van der Waals surface area contributed by atoms with Crippen molar-refractivity contribution < 1.29 is 19.5 Å². The fourth-order valence-electron chi connectivity index (χ4n) is 1.64. The molecular formula is C15H18N2O4. The molecule has 6 nitrogen and oxygen atoms in total. The molecule has 0 fully saturated rings. The van der Waals surface area contributed by atoms with E-state index in [4.69, 9.17) is 5.11 Å². The topological polar surface area (TPSA) is 95.5 Å². The minimum atomic E-state index is -1.11. The second kappa shape index (κ2) is 8.52. The van der Waals surface area contributed by atoms with Crippen LogP contribution in [0.4, 0.5) is 0 Å². The molecule has 112 valence electrons. The van der Waals surface area contributed by atoms with Crippen LogP contribution in [0.2, 0.25) is 0 Å². The van der Waals surface area contributed by atoms with Crippen molar-refractivity contribution in [3.63, 3.8) is 0 Å². The molecule has 0 radical (unpaired) electrons. The number of carboxylic acids is 1. The molecule has 0 aliphatic rings. The molecule has 1 atom stereocenters. The Labute approximate surface area is 122 Å². The van der Waals surface area contributed by atoms with E-state index in [0.717, 1.165) is 0 Å². The molecule has 1 unspecified atom stereocenters. The summed E-state index contributed by atoms with van der Waals surface area (Å²) < 4.78 is 0. The van der Waals surface area contributed by atoms with Crippen molar-refractivity contribution in [2.45, 2.75) is 18.9 Å². The molecule has 2 amide bonds. The predicted molar refractivity (Wildman–Crippen MR) is 77.8 cm³/mol. The van der Waals surface area contributed by atoms with Crippen LogP contribution in [0.5, 0.6) is 0 Å². The minimum Gasteiger partial charge on any atom is -0.480 e. The molecule has 1 aromatic carbocycles. The van der Waals surface area contributed by atoms with Gasteiger partial charge in [-0.15, -0.1) is 6.58 Å². The summed E-state index contributed by atoms with van der Waals surface area (Å²) in [7, 11) is 0. The van der Waals surface area contributed by atoms with Gasteiger partial charge in [0.25, 0.3) is 5.91 Å². The summed E-state index contributed by atoms with van der Waals surface area (Å²) in [6.45, 7) is 3.58. The Morgan fingerprint density at radius 3 is 2.48 bits per heavy atom. The molecule has 21 heavy (non-hydrogen) atoms. The Kier molecular flexibility index (Phi) is 6.67. The maximum absolute atomic E-state index is 11.7. The lowest BCUT2D eigenvalue weighted by molar-refractivity contribution is -0.141. The molecule has 0 spiro atoms. The van der Waals surface area contributed by atoms with E-state index in [1.165, 1.54) is 6.08 Å². The van der Waals surface area contributed by atoms with Gasteiger partial charge in [0.15, 0.2) is 0 Å². The molecule has 0 aliphatic carbocycles. The van der Waals surface area contributed by atoms with Crippen molar-refractivity contribution in [3.8, 4) is 0 Å². The SMILES string of the molecule is C=CCC(NC(=O)CCNC(=O)c1ccccc1)C(=O)O. The van der Waals surface area contributed by atoms with Crippen LogP contribution in [0, 0.1) is 0 Å². The predicted octanol–water partition coefficient (Wildman–Crippen LogP) is 0.952. The van der Waals surface area contributed by atoms with Crippen LogP contribution in [0.3, 0.4) is 0 Å². The zero-order valence-electron chi connectivity index (χ0n) is 11.5. The summed E-state index contributed by atoms with van der Waals surface area (Å²) in [6.07, 6.45) is 1.59. The van der Waals surface area contributed by atoms with Crippen molar-refractivity contribution in [1.82, 2.24) is 10.6 Å². The quantitative estimate of drug-likeness (QED) is 0.621. The van der Waals surface area contributed by atoms with E-state index < -0.39 is 17.9 Å². The highest BCUT2D eigenvalue weighted by Gasteiger charge is 2.17. The van der Waals surface area contributed by atoms with Crippen LogP contribution in [0.1, 0.15) is 23.2 Å². The summed E-state index contributed by atoms with van der Waals surface area (Å²) in [5.41, 5.74) is 0.507. The van der Waals surface area contributed by atoms with Gasteiger partial charge in [-0.2, -0.15) is 0 Å². The number of nitrogens with one attached hydrogen (secondary N) is 2. The largest absolute Gasteiger partial charge is 0.480 e. The van der Waals surface area contributed by atoms with Gasteiger partial charge in [0.05, 0.1) is 0 Å². The highest BCUT2D eigenvalue weighted by molar-refractivity contribution is 5.94. The van der Waals surface area contributed by atoms with Gasteiger partial charge in [0, 0.05) is 18.5 Å². The number of benzene rings is 1. The van der Waals surface area contributed by atoms with Gasteiger partial charge in [-0.25, -0.2) is 4.79 Å². The number of carbonyl (C=O) groups is 3. The Hall–Kier alpha value is -2.63. The smallest absolute Gasteiger partial charge is 0.326 e. The molecule has 1 rings (SSSR count). The standard InChI is InChI=1S/C15H18N2O4/c1-2-6-12(15(20)21)17-13(18)9-10-16-14(19)11-7-4-3-5-8-11/h2-5,7-8,12H,1,6,9-10H2,(H,16,19)(H,17,18)(H,20,21). The van der Waals surface area contributed by atoms with Gasteiger partial charge in [-0.05, 0) is 18.6 Å². The second-order valence-corrected chi connectivity index (χ2v) is 4.35. The zero-order valence-corrected chi connectivity index (χ0v) is 11.5. The average molecular weight is 290 g/mol. The van der Waals surface area contributed by atoms with Crippen LogP contribution in [-0.2, 0) is 9.59 Å². The number of amides is 2.